The predicted molar refractivity (Wildman–Crippen MR) is 179 cm³/mol. The zero-order valence-corrected chi connectivity index (χ0v) is 28.6. The predicted octanol–water partition coefficient (Wildman–Crippen LogP) is 11.5. The summed E-state index contributed by atoms with van der Waals surface area (Å²) in [6.07, 6.45) is 5.83. The van der Waals surface area contributed by atoms with Crippen molar-refractivity contribution in [1.29, 1.82) is 0 Å². The first-order chi connectivity index (χ1) is 21.4. The van der Waals surface area contributed by atoms with Crippen LogP contribution in [0.2, 0.25) is 5.02 Å². The monoisotopic (exact) mass is 666 g/mol. The molecule has 0 fully saturated rings. The lowest BCUT2D eigenvalue weighted by Crippen LogP contribution is -2.36. The fourth-order valence-corrected chi connectivity index (χ4v) is 5.29. The zero-order valence-electron chi connectivity index (χ0n) is 27.8. The maximum atomic E-state index is 14.9. The Morgan fingerprint density at radius 2 is 1.48 bits per heavy atom. The van der Waals surface area contributed by atoms with Crippen molar-refractivity contribution in [2.75, 3.05) is 7.05 Å². The summed E-state index contributed by atoms with van der Waals surface area (Å²) >= 11 is 6.74. The highest BCUT2D eigenvalue weighted by molar-refractivity contribution is 6.31. The molecule has 0 bridgehead atoms. The molecule has 2 N–H and O–H groups in total. The van der Waals surface area contributed by atoms with Crippen molar-refractivity contribution in [3.63, 3.8) is 0 Å². The summed E-state index contributed by atoms with van der Waals surface area (Å²) in [6.45, 7) is 13.1. The van der Waals surface area contributed by atoms with E-state index < -0.39 is 34.3 Å². The van der Waals surface area contributed by atoms with E-state index in [4.69, 9.17) is 11.6 Å². The number of halogens is 7. The summed E-state index contributed by atoms with van der Waals surface area (Å²) in [4.78, 5) is 4.42. The molecule has 252 valence electrons. The number of allylic oxidation sites excluding steroid dienone is 5. The van der Waals surface area contributed by atoms with Gasteiger partial charge in [-0.3, -0.25) is 4.98 Å². The van der Waals surface area contributed by atoms with Crippen LogP contribution in [0.1, 0.15) is 81.5 Å². The first-order valence-electron chi connectivity index (χ1n) is 15.0. The molecule has 1 atom stereocenters. The Labute approximate surface area is 275 Å². The van der Waals surface area contributed by atoms with Crippen molar-refractivity contribution >= 4 is 11.6 Å². The van der Waals surface area contributed by atoms with E-state index in [2.05, 4.69) is 17.3 Å². The minimum absolute atomic E-state index is 0.0478. The van der Waals surface area contributed by atoms with Gasteiger partial charge in [0.2, 0.25) is 0 Å². The number of alkyl halides is 6. The van der Waals surface area contributed by atoms with E-state index in [1.165, 1.54) is 25.3 Å². The van der Waals surface area contributed by atoms with Gasteiger partial charge in [-0.25, -0.2) is 26.3 Å². The first kappa shape index (κ1) is 40.7. The Morgan fingerprint density at radius 3 is 1.96 bits per heavy atom. The van der Waals surface area contributed by atoms with E-state index in [0.29, 0.717) is 36.1 Å². The van der Waals surface area contributed by atoms with Crippen LogP contribution in [0, 0.1) is 6.92 Å². The van der Waals surface area contributed by atoms with Crippen molar-refractivity contribution < 1.29 is 26.3 Å². The average Bonchev–Trinajstić information content (AvgIpc) is 2.99. The second-order valence-electron chi connectivity index (χ2n) is 10.8. The Bertz CT molecular complexity index is 1480. The van der Waals surface area contributed by atoms with Crippen LogP contribution < -0.4 is 5.73 Å². The molecule has 0 amide bonds. The van der Waals surface area contributed by atoms with Crippen LogP contribution in [0.3, 0.4) is 0 Å². The van der Waals surface area contributed by atoms with E-state index in [9.17, 15) is 26.3 Å². The molecule has 1 unspecified atom stereocenters. The number of rotatable bonds is 11. The third kappa shape index (κ3) is 10.1. The molecule has 1 heterocycles. The smallest absolute Gasteiger partial charge is 0.272 e. The maximum Gasteiger partial charge on any atom is 0.272 e. The fourth-order valence-electron chi connectivity index (χ4n) is 4.97. The highest BCUT2D eigenvalue weighted by Gasteiger charge is 2.43. The molecule has 3 aromatic rings. The third-order valence-corrected chi connectivity index (χ3v) is 7.59. The molecular weight excluding hydrogens is 622 g/mol. The van der Waals surface area contributed by atoms with Gasteiger partial charge in [0, 0.05) is 43.7 Å². The van der Waals surface area contributed by atoms with Gasteiger partial charge in [0.05, 0.1) is 16.1 Å². The number of benzene rings is 2. The van der Waals surface area contributed by atoms with Gasteiger partial charge in [0.15, 0.2) is 0 Å². The normalized spacial score (nSPS) is 13.7. The largest absolute Gasteiger partial charge is 0.333 e. The van der Waals surface area contributed by atoms with Crippen molar-refractivity contribution in [2.24, 2.45) is 5.73 Å². The lowest BCUT2D eigenvalue weighted by molar-refractivity contribution is 0.0160. The molecular formula is C37H45ClF6N2. The van der Waals surface area contributed by atoms with Crippen molar-refractivity contribution in [2.45, 2.75) is 84.5 Å². The minimum atomic E-state index is -3.31. The van der Waals surface area contributed by atoms with Gasteiger partial charge in [-0.15, -0.1) is 0 Å². The van der Waals surface area contributed by atoms with E-state index in [0.717, 1.165) is 19.2 Å². The van der Waals surface area contributed by atoms with Gasteiger partial charge in [0.25, 0.3) is 17.8 Å². The van der Waals surface area contributed by atoms with Gasteiger partial charge in [-0.05, 0) is 68.1 Å². The number of hydrogen-bond acceptors (Lipinski definition) is 2. The van der Waals surface area contributed by atoms with Crippen molar-refractivity contribution in [3.8, 4) is 0 Å². The van der Waals surface area contributed by atoms with Gasteiger partial charge < -0.3 is 5.73 Å². The molecule has 9 heteroatoms. The highest BCUT2D eigenvalue weighted by Crippen LogP contribution is 2.48. The van der Waals surface area contributed by atoms with E-state index in [1.807, 2.05) is 13.8 Å². The number of hydrogen-bond donors (Lipinski definition) is 1. The van der Waals surface area contributed by atoms with Gasteiger partial charge >= 0.3 is 0 Å². The lowest BCUT2D eigenvalue weighted by Gasteiger charge is -2.39. The SMILES string of the molecule is C=C(/C=C(\C/C=C\C)C(Cc1ccccc1)(c1ccc(C)c(C(C)(F)F)c1)c1ncc(C(C)(F)F)cc1Cl)C(C)(F)F.CC.CN. The number of aromatic nitrogens is 1. The fraction of sp³-hybridized carbons (Fsp3) is 0.378. The molecule has 0 radical (unpaired) electrons. The van der Waals surface area contributed by atoms with Crippen LogP contribution in [0.5, 0.6) is 0 Å². The molecule has 0 aliphatic rings. The standard InChI is InChI=1S/C34H34ClF6N.C2H6.CH5N/c1-7-8-14-25(17-23(3)31(4,36)37)34(20-24-12-10-9-11-13-24,26-16-15-22(2)28(18-26)33(6,40)41)30-29(35)19-27(21-42-30)32(5,38)39;2*1-2/h7-13,15-19,21H,3,14,20H2,1-2,4-6H3;1-2H3;2H2,1H3/b8-7-,25-17+;;. The summed E-state index contributed by atoms with van der Waals surface area (Å²) in [5, 5.41) is -0.157. The van der Waals surface area contributed by atoms with Crippen molar-refractivity contribution in [3.05, 3.63) is 135 Å². The lowest BCUT2D eigenvalue weighted by atomic mass is 9.65. The van der Waals surface area contributed by atoms with Gasteiger partial charge in [0.1, 0.15) is 0 Å². The Kier molecular flexibility index (Phi) is 15.0. The Balaban J connectivity index is 0.00000254. The molecule has 3 rings (SSSR count). The Hall–Kier alpha value is -3.36. The van der Waals surface area contributed by atoms with Crippen LogP contribution in [-0.4, -0.2) is 18.0 Å². The zero-order chi connectivity index (χ0) is 35.5. The summed E-state index contributed by atoms with van der Waals surface area (Å²) in [5.74, 6) is -9.81. The van der Waals surface area contributed by atoms with E-state index in [1.54, 1.807) is 62.4 Å². The molecule has 0 aliphatic carbocycles. The third-order valence-electron chi connectivity index (χ3n) is 7.30. The number of pyridine rings is 1. The quantitative estimate of drug-likeness (QED) is 0.126. The Morgan fingerprint density at radius 1 is 0.891 bits per heavy atom. The summed E-state index contributed by atoms with van der Waals surface area (Å²) < 4.78 is 87.5. The van der Waals surface area contributed by atoms with Gasteiger partial charge in [-0.2, -0.15) is 0 Å². The highest BCUT2D eigenvalue weighted by atomic mass is 35.5. The van der Waals surface area contributed by atoms with E-state index in [-0.39, 0.29) is 29.1 Å². The molecule has 0 aliphatic heterocycles. The van der Waals surface area contributed by atoms with Crippen LogP contribution >= 0.6 is 11.6 Å². The minimum Gasteiger partial charge on any atom is -0.333 e. The molecule has 1 aromatic heterocycles. The summed E-state index contributed by atoms with van der Waals surface area (Å²) in [5.41, 5.74) is 3.46. The topological polar surface area (TPSA) is 38.9 Å². The van der Waals surface area contributed by atoms with Crippen LogP contribution in [-0.2, 0) is 23.7 Å². The van der Waals surface area contributed by atoms with Crippen LogP contribution in [0.15, 0.2) is 96.7 Å². The van der Waals surface area contributed by atoms with Crippen LogP contribution in [0.25, 0.3) is 0 Å². The number of nitrogens with zero attached hydrogens (tertiary/aromatic N) is 1. The second-order valence-corrected chi connectivity index (χ2v) is 11.2. The molecule has 0 saturated heterocycles. The number of aryl methyl sites for hydroxylation is 1. The van der Waals surface area contributed by atoms with Gasteiger partial charge in [-0.1, -0.05) is 92.7 Å². The molecule has 2 aromatic carbocycles. The molecule has 0 spiro atoms. The molecule has 0 saturated carbocycles. The first-order valence-corrected chi connectivity index (χ1v) is 15.3. The second kappa shape index (κ2) is 17.0. The molecule has 2 nitrogen and oxygen atoms in total. The number of nitrogens with two attached hydrogens (primary N) is 1. The maximum absolute atomic E-state index is 14.9. The average molecular weight is 667 g/mol. The summed E-state index contributed by atoms with van der Waals surface area (Å²) in [6, 6.07) is 14.5. The van der Waals surface area contributed by atoms with E-state index >= 15 is 0 Å². The van der Waals surface area contributed by atoms with Crippen LogP contribution in [0.4, 0.5) is 26.3 Å². The summed E-state index contributed by atoms with van der Waals surface area (Å²) in [7, 11) is 1.50. The molecule has 46 heavy (non-hydrogen) atoms. The van der Waals surface area contributed by atoms with Crippen molar-refractivity contribution in [1.82, 2.24) is 4.98 Å².